The molecule has 3 heterocycles. The molecule has 1 aliphatic rings. The molecule has 1 aliphatic heterocycles. The van der Waals surface area contributed by atoms with Gasteiger partial charge in [-0.2, -0.15) is 22.7 Å². The maximum Gasteiger partial charge on any atom is 0.416 e. The molecule has 34 heavy (non-hydrogen) atoms. The second-order valence-corrected chi connectivity index (χ2v) is 8.59. The molecule has 4 rings (SSSR count). The van der Waals surface area contributed by atoms with Crippen LogP contribution in [-0.2, 0) is 11.0 Å². The highest BCUT2D eigenvalue weighted by Gasteiger charge is 2.31. The molecular formula is C24H29F3N6O. The molecule has 0 aliphatic carbocycles. The van der Waals surface area contributed by atoms with Gasteiger partial charge in [-0.05, 0) is 31.0 Å². The molecule has 182 valence electrons. The smallest absolute Gasteiger partial charge is 0.339 e. The summed E-state index contributed by atoms with van der Waals surface area (Å²) in [7, 11) is 0. The van der Waals surface area contributed by atoms with Gasteiger partial charge in [0, 0.05) is 43.9 Å². The Morgan fingerprint density at radius 1 is 1.12 bits per heavy atom. The van der Waals surface area contributed by atoms with Crippen molar-refractivity contribution in [3.63, 3.8) is 0 Å². The quantitative estimate of drug-likeness (QED) is 0.498. The predicted molar refractivity (Wildman–Crippen MR) is 123 cm³/mol. The van der Waals surface area contributed by atoms with Crippen LogP contribution in [0.25, 0.3) is 17.0 Å². The first-order chi connectivity index (χ1) is 16.3. The number of fused-ring (bicyclic) bond motifs is 1. The molecule has 1 saturated heterocycles. The number of carbonyl (C=O) groups excluding carboxylic acids is 1. The van der Waals surface area contributed by atoms with Crippen molar-refractivity contribution in [2.45, 2.75) is 45.7 Å². The molecule has 2 aromatic heterocycles. The molecule has 3 aromatic rings. The molecule has 10 heteroatoms. The van der Waals surface area contributed by atoms with Gasteiger partial charge in [-0.3, -0.25) is 4.79 Å². The first kappa shape index (κ1) is 24.0. The Kier molecular flexibility index (Phi) is 7.04. The van der Waals surface area contributed by atoms with Crippen molar-refractivity contribution >= 4 is 17.6 Å². The Morgan fingerprint density at radius 2 is 1.88 bits per heavy atom. The molecule has 0 spiro atoms. The van der Waals surface area contributed by atoms with Gasteiger partial charge in [0.05, 0.1) is 11.3 Å². The maximum atomic E-state index is 13.2. The lowest BCUT2D eigenvalue weighted by atomic mass is 9.97. The van der Waals surface area contributed by atoms with E-state index < -0.39 is 11.7 Å². The molecule has 1 atom stereocenters. The minimum Gasteiger partial charge on any atom is -0.339 e. The van der Waals surface area contributed by atoms with Crippen LogP contribution in [0.4, 0.5) is 19.1 Å². The highest BCUT2D eigenvalue weighted by atomic mass is 19.4. The van der Waals surface area contributed by atoms with Gasteiger partial charge < -0.3 is 9.80 Å². The van der Waals surface area contributed by atoms with Gasteiger partial charge in [0.2, 0.25) is 11.9 Å². The molecule has 0 saturated carbocycles. The van der Waals surface area contributed by atoms with E-state index in [2.05, 4.69) is 28.9 Å². The summed E-state index contributed by atoms with van der Waals surface area (Å²) in [4.78, 5) is 25.5. The standard InChI is InChI=1S/C24H29F3N6O/c1-3-5-7-17(4-2)21(34)31-12-14-32(15-13-31)23-29-22-28-11-10-20(33(22)30-23)18-8-6-9-19(16-18)24(25,26)27/h6,8-11,16-17H,3-5,7,12-15H2,1-2H3/t17-/m1/s1. The van der Waals surface area contributed by atoms with Gasteiger partial charge in [0.25, 0.3) is 5.78 Å². The molecule has 0 radical (unpaired) electrons. The zero-order valence-electron chi connectivity index (χ0n) is 19.4. The third-order valence-electron chi connectivity index (χ3n) is 6.34. The van der Waals surface area contributed by atoms with Crippen LogP contribution in [0.5, 0.6) is 0 Å². The normalized spacial score (nSPS) is 15.7. The number of rotatable bonds is 7. The van der Waals surface area contributed by atoms with Crippen molar-refractivity contribution in [3.05, 3.63) is 42.1 Å². The number of benzene rings is 1. The number of carbonyl (C=O) groups is 1. The molecule has 0 bridgehead atoms. The number of hydrogen-bond donors (Lipinski definition) is 0. The Balaban J connectivity index is 1.51. The highest BCUT2D eigenvalue weighted by Crippen LogP contribution is 2.32. The van der Waals surface area contributed by atoms with Gasteiger partial charge in [-0.15, -0.1) is 5.10 Å². The van der Waals surface area contributed by atoms with Gasteiger partial charge >= 0.3 is 6.18 Å². The second kappa shape index (κ2) is 9.99. The van der Waals surface area contributed by atoms with Gasteiger partial charge in [-0.1, -0.05) is 38.8 Å². The molecule has 1 aromatic carbocycles. The molecular weight excluding hydrogens is 445 g/mol. The highest BCUT2D eigenvalue weighted by molar-refractivity contribution is 5.79. The van der Waals surface area contributed by atoms with E-state index in [0.717, 1.165) is 37.8 Å². The van der Waals surface area contributed by atoms with Crippen LogP contribution < -0.4 is 4.90 Å². The summed E-state index contributed by atoms with van der Waals surface area (Å²) >= 11 is 0. The minimum absolute atomic E-state index is 0.0686. The third-order valence-corrected chi connectivity index (χ3v) is 6.34. The van der Waals surface area contributed by atoms with E-state index in [4.69, 9.17) is 0 Å². The predicted octanol–water partition coefficient (Wildman–Crippen LogP) is 4.68. The molecule has 0 unspecified atom stereocenters. The number of unbranched alkanes of at least 4 members (excludes halogenated alkanes) is 1. The van der Waals surface area contributed by atoms with E-state index in [1.807, 2.05) is 9.80 Å². The lowest BCUT2D eigenvalue weighted by molar-refractivity contribution is -0.137. The summed E-state index contributed by atoms with van der Waals surface area (Å²) in [5.41, 5.74) is 0.137. The number of nitrogens with zero attached hydrogens (tertiary/aromatic N) is 6. The van der Waals surface area contributed by atoms with Gasteiger partial charge in [0.15, 0.2) is 0 Å². The van der Waals surface area contributed by atoms with Gasteiger partial charge in [-0.25, -0.2) is 4.98 Å². The Hall–Kier alpha value is -3.17. The summed E-state index contributed by atoms with van der Waals surface area (Å²) in [6, 6.07) is 6.75. The first-order valence-corrected chi connectivity index (χ1v) is 11.7. The number of aromatic nitrogens is 4. The Morgan fingerprint density at radius 3 is 2.56 bits per heavy atom. The van der Waals surface area contributed by atoms with Crippen LogP contribution in [0.3, 0.4) is 0 Å². The van der Waals surface area contributed by atoms with E-state index in [0.29, 0.717) is 49.2 Å². The van der Waals surface area contributed by atoms with Crippen LogP contribution in [0, 0.1) is 5.92 Å². The summed E-state index contributed by atoms with van der Waals surface area (Å²) < 4.78 is 41.0. The van der Waals surface area contributed by atoms with Crippen LogP contribution in [0.2, 0.25) is 0 Å². The number of anilines is 1. The fourth-order valence-electron chi connectivity index (χ4n) is 4.33. The van der Waals surface area contributed by atoms with Crippen molar-refractivity contribution in [1.29, 1.82) is 0 Å². The largest absolute Gasteiger partial charge is 0.416 e. The molecule has 1 amide bonds. The molecule has 7 nitrogen and oxygen atoms in total. The van der Waals surface area contributed by atoms with Crippen molar-refractivity contribution in [2.24, 2.45) is 5.92 Å². The molecule has 0 N–H and O–H groups in total. The zero-order chi connectivity index (χ0) is 24.3. The van der Waals surface area contributed by atoms with Crippen LogP contribution in [0.15, 0.2) is 36.5 Å². The summed E-state index contributed by atoms with van der Waals surface area (Å²) in [5.74, 6) is 1.05. The lowest BCUT2D eigenvalue weighted by Crippen LogP contribution is -2.50. The van der Waals surface area contributed by atoms with E-state index in [1.165, 1.54) is 16.8 Å². The van der Waals surface area contributed by atoms with Crippen LogP contribution >= 0.6 is 0 Å². The van der Waals surface area contributed by atoms with Crippen LogP contribution in [-0.4, -0.2) is 56.6 Å². The van der Waals surface area contributed by atoms with Gasteiger partial charge in [0.1, 0.15) is 0 Å². The fraction of sp³-hybridized carbons (Fsp3) is 0.500. The summed E-state index contributed by atoms with van der Waals surface area (Å²) in [5, 5.41) is 4.55. The van der Waals surface area contributed by atoms with Crippen molar-refractivity contribution in [3.8, 4) is 11.3 Å². The van der Waals surface area contributed by atoms with E-state index in [9.17, 15) is 18.0 Å². The number of halogens is 3. The number of hydrogen-bond acceptors (Lipinski definition) is 5. The average Bonchev–Trinajstić information content (AvgIpc) is 3.28. The average molecular weight is 475 g/mol. The SMILES string of the molecule is CCCC[C@@H](CC)C(=O)N1CCN(c2nc3nccc(-c4cccc(C(F)(F)F)c4)n3n2)CC1. The van der Waals surface area contributed by atoms with E-state index in [-0.39, 0.29) is 11.8 Å². The first-order valence-electron chi connectivity index (χ1n) is 11.7. The van der Waals surface area contributed by atoms with Crippen molar-refractivity contribution in [2.75, 3.05) is 31.1 Å². The Bertz CT molecular complexity index is 1140. The Labute approximate surface area is 196 Å². The maximum absolute atomic E-state index is 13.2. The number of amides is 1. The van der Waals surface area contributed by atoms with Crippen LogP contribution in [0.1, 0.15) is 45.1 Å². The van der Waals surface area contributed by atoms with Crippen molar-refractivity contribution < 1.29 is 18.0 Å². The summed E-state index contributed by atoms with van der Waals surface area (Å²) in [6.45, 7) is 6.54. The topological polar surface area (TPSA) is 66.6 Å². The monoisotopic (exact) mass is 474 g/mol. The fourth-order valence-corrected chi connectivity index (χ4v) is 4.33. The lowest BCUT2D eigenvalue weighted by Gasteiger charge is -2.35. The second-order valence-electron chi connectivity index (χ2n) is 8.59. The number of alkyl halides is 3. The van der Waals surface area contributed by atoms with E-state index >= 15 is 0 Å². The zero-order valence-corrected chi connectivity index (χ0v) is 19.4. The van der Waals surface area contributed by atoms with Crippen molar-refractivity contribution in [1.82, 2.24) is 24.5 Å². The molecule has 1 fully saturated rings. The minimum atomic E-state index is -4.43. The number of piperazine rings is 1. The van der Waals surface area contributed by atoms with E-state index in [1.54, 1.807) is 12.1 Å². The third kappa shape index (κ3) is 5.00. The summed E-state index contributed by atoms with van der Waals surface area (Å²) in [6.07, 6.45) is 0.979.